The summed E-state index contributed by atoms with van der Waals surface area (Å²) in [6.07, 6.45) is 0. The molecule has 1 aliphatic rings. The number of nitrogens with zero attached hydrogens (tertiary/aromatic N) is 1. The third-order valence-corrected chi connectivity index (χ3v) is 4.94. The minimum Gasteiger partial charge on any atom is -0.454 e. The van der Waals surface area contributed by atoms with Gasteiger partial charge in [0.25, 0.3) is 5.91 Å². The molecule has 0 aliphatic carbocycles. The third kappa shape index (κ3) is 3.56. The number of hydrogen-bond acceptors (Lipinski definition) is 7. The SMILES string of the molecule is Cc1cc(C)c2nc(NC(=O)COC(=O)c3ccc4c(c3)OCO4)sc2c1. The van der Waals surface area contributed by atoms with E-state index in [1.165, 1.54) is 17.4 Å². The number of anilines is 1. The summed E-state index contributed by atoms with van der Waals surface area (Å²) in [6, 6.07) is 8.79. The van der Waals surface area contributed by atoms with Gasteiger partial charge in [0.15, 0.2) is 23.2 Å². The number of carbonyl (C=O) groups is 2. The summed E-state index contributed by atoms with van der Waals surface area (Å²) < 4.78 is 16.5. The van der Waals surface area contributed by atoms with E-state index < -0.39 is 18.5 Å². The predicted octanol–water partition coefficient (Wildman–Crippen LogP) is 3.44. The lowest BCUT2D eigenvalue weighted by Crippen LogP contribution is -2.20. The van der Waals surface area contributed by atoms with Gasteiger partial charge >= 0.3 is 5.97 Å². The second-order valence-electron chi connectivity index (χ2n) is 6.14. The van der Waals surface area contributed by atoms with E-state index in [9.17, 15) is 9.59 Å². The molecule has 1 aliphatic heterocycles. The summed E-state index contributed by atoms with van der Waals surface area (Å²) in [7, 11) is 0. The van der Waals surface area contributed by atoms with Crippen molar-refractivity contribution in [1.29, 1.82) is 0 Å². The van der Waals surface area contributed by atoms with Crippen molar-refractivity contribution in [3.8, 4) is 11.5 Å². The number of carbonyl (C=O) groups excluding carboxylic acids is 2. The lowest BCUT2D eigenvalue weighted by molar-refractivity contribution is -0.119. The largest absolute Gasteiger partial charge is 0.454 e. The highest BCUT2D eigenvalue weighted by molar-refractivity contribution is 7.22. The Labute approximate surface area is 158 Å². The predicted molar refractivity (Wildman–Crippen MR) is 101 cm³/mol. The fourth-order valence-electron chi connectivity index (χ4n) is 2.82. The average Bonchev–Trinajstić information content (AvgIpc) is 3.25. The molecule has 0 radical (unpaired) electrons. The van der Waals surface area contributed by atoms with E-state index in [0.717, 1.165) is 21.3 Å². The van der Waals surface area contributed by atoms with Crippen LogP contribution in [0.2, 0.25) is 0 Å². The molecule has 7 nitrogen and oxygen atoms in total. The summed E-state index contributed by atoms with van der Waals surface area (Å²) >= 11 is 1.38. The van der Waals surface area contributed by atoms with Crippen LogP contribution in [-0.4, -0.2) is 30.3 Å². The number of benzene rings is 2. The summed E-state index contributed by atoms with van der Waals surface area (Å²) in [5.41, 5.74) is 3.34. The van der Waals surface area contributed by atoms with E-state index in [1.54, 1.807) is 12.1 Å². The van der Waals surface area contributed by atoms with Gasteiger partial charge in [0.2, 0.25) is 6.79 Å². The number of amides is 1. The van der Waals surface area contributed by atoms with Crippen molar-refractivity contribution in [3.05, 3.63) is 47.0 Å². The Morgan fingerprint density at radius 3 is 2.85 bits per heavy atom. The van der Waals surface area contributed by atoms with Crippen molar-refractivity contribution in [2.75, 3.05) is 18.7 Å². The van der Waals surface area contributed by atoms with Gasteiger partial charge in [-0.05, 0) is 49.2 Å². The Hall–Kier alpha value is -3.13. The van der Waals surface area contributed by atoms with Crippen molar-refractivity contribution >= 4 is 38.6 Å². The van der Waals surface area contributed by atoms with E-state index in [4.69, 9.17) is 14.2 Å². The van der Waals surface area contributed by atoms with Crippen LogP contribution in [0.5, 0.6) is 11.5 Å². The van der Waals surface area contributed by atoms with Crippen LogP contribution >= 0.6 is 11.3 Å². The fourth-order valence-corrected chi connectivity index (χ4v) is 3.88. The van der Waals surface area contributed by atoms with Gasteiger partial charge in [-0.3, -0.25) is 10.1 Å². The minimum atomic E-state index is -0.612. The van der Waals surface area contributed by atoms with Crippen molar-refractivity contribution in [1.82, 2.24) is 4.98 Å². The molecule has 4 rings (SSSR count). The number of esters is 1. The van der Waals surface area contributed by atoms with Crippen LogP contribution in [-0.2, 0) is 9.53 Å². The summed E-state index contributed by atoms with van der Waals surface area (Å²) in [5.74, 6) is -0.00329. The van der Waals surface area contributed by atoms with Crippen LogP contribution in [0.15, 0.2) is 30.3 Å². The Balaban J connectivity index is 1.38. The summed E-state index contributed by atoms with van der Waals surface area (Å²) in [6.45, 7) is 3.71. The molecule has 0 saturated heterocycles. The lowest BCUT2D eigenvalue weighted by Gasteiger charge is -2.05. The molecule has 27 heavy (non-hydrogen) atoms. The molecule has 0 unspecified atom stereocenters. The Morgan fingerprint density at radius 1 is 1.19 bits per heavy atom. The molecule has 3 aromatic rings. The highest BCUT2D eigenvalue weighted by Crippen LogP contribution is 2.32. The highest BCUT2D eigenvalue weighted by Gasteiger charge is 2.18. The lowest BCUT2D eigenvalue weighted by atomic mass is 10.1. The van der Waals surface area contributed by atoms with Gasteiger partial charge in [0, 0.05) is 0 Å². The standard InChI is InChI=1S/C19H16N2O5S/c1-10-5-11(2)17-15(6-10)27-19(21-17)20-16(22)8-24-18(23)12-3-4-13-14(7-12)26-9-25-13/h3-7H,8-9H2,1-2H3,(H,20,21,22). The molecule has 8 heteroatoms. The zero-order valence-corrected chi connectivity index (χ0v) is 15.5. The Morgan fingerprint density at radius 2 is 2.00 bits per heavy atom. The Kier molecular flexibility index (Phi) is 4.41. The van der Waals surface area contributed by atoms with Crippen LogP contribution in [0.4, 0.5) is 5.13 Å². The molecule has 0 fully saturated rings. The van der Waals surface area contributed by atoms with Crippen molar-refractivity contribution < 1.29 is 23.8 Å². The van der Waals surface area contributed by atoms with Gasteiger partial charge in [-0.2, -0.15) is 0 Å². The van der Waals surface area contributed by atoms with Crippen LogP contribution in [0.25, 0.3) is 10.2 Å². The van der Waals surface area contributed by atoms with Crippen LogP contribution in [0.3, 0.4) is 0 Å². The monoisotopic (exact) mass is 384 g/mol. The highest BCUT2D eigenvalue weighted by atomic mass is 32.1. The normalized spacial score (nSPS) is 12.2. The van der Waals surface area contributed by atoms with Gasteiger partial charge in [-0.15, -0.1) is 0 Å². The van der Waals surface area contributed by atoms with E-state index in [1.807, 2.05) is 26.0 Å². The molecule has 2 aromatic carbocycles. The minimum absolute atomic E-state index is 0.122. The number of fused-ring (bicyclic) bond motifs is 2. The van der Waals surface area contributed by atoms with Crippen LogP contribution in [0.1, 0.15) is 21.5 Å². The molecular formula is C19H16N2O5S. The molecular weight excluding hydrogens is 368 g/mol. The first-order valence-corrected chi connectivity index (χ1v) is 9.05. The average molecular weight is 384 g/mol. The second-order valence-corrected chi connectivity index (χ2v) is 7.17. The van der Waals surface area contributed by atoms with Crippen LogP contribution in [0, 0.1) is 13.8 Å². The number of rotatable bonds is 4. The summed E-state index contributed by atoms with van der Waals surface area (Å²) in [5, 5.41) is 3.15. The molecule has 1 N–H and O–H groups in total. The van der Waals surface area contributed by atoms with E-state index in [-0.39, 0.29) is 12.4 Å². The molecule has 1 aromatic heterocycles. The fraction of sp³-hybridized carbons (Fsp3) is 0.211. The number of thiazole rings is 1. The van der Waals surface area contributed by atoms with Gasteiger partial charge in [0.05, 0.1) is 15.8 Å². The van der Waals surface area contributed by atoms with E-state index in [2.05, 4.69) is 10.3 Å². The number of aryl methyl sites for hydroxylation is 2. The van der Waals surface area contributed by atoms with E-state index in [0.29, 0.717) is 16.6 Å². The second kappa shape index (κ2) is 6.88. The molecule has 1 amide bonds. The quantitative estimate of drug-likeness (QED) is 0.694. The maximum absolute atomic E-state index is 12.1. The molecule has 0 saturated carbocycles. The van der Waals surface area contributed by atoms with Crippen molar-refractivity contribution in [2.24, 2.45) is 0 Å². The first-order valence-electron chi connectivity index (χ1n) is 8.24. The smallest absolute Gasteiger partial charge is 0.338 e. The van der Waals surface area contributed by atoms with Gasteiger partial charge in [-0.1, -0.05) is 17.4 Å². The van der Waals surface area contributed by atoms with Gasteiger partial charge in [-0.25, -0.2) is 9.78 Å². The van der Waals surface area contributed by atoms with Crippen molar-refractivity contribution in [2.45, 2.75) is 13.8 Å². The number of hydrogen-bond donors (Lipinski definition) is 1. The van der Waals surface area contributed by atoms with E-state index >= 15 is 0 Å². The van der Waals surface area contributed by atoms with Gasteiger partial charge < -0.3 is 14.2 Å². The number of ether oxygens (including phenoxy) is 3. The molecule has 0 bridgehead atoms. The third-order valence-electron chi connectivity index (χ3n) is 4.02. The molecule has 2 heterocycles. The number of nitrogens with one attached hydrogen (secondary N) is 1. The van der Waals surface area contributed by atoms with Gasteiger partial charge in [0.1, 0.15) is 0 Å². The molecule has 0 atom stereocenters. The zero-order valence-electron chi connectivity index (χ0n) is 14.7. The van der Waals surface area contributed by atoms with Crippen LogP contribution < -0.4 is 14.8 Å². The first-order chi connectivity index (χ1) is 13.0. The Bertz CT molecular complexity index is 1060. The summed E-state index contributed by atoms with van der Waals surface area (Å²) in [4.78, 5) is 28.6. The molecule has 138 valence electrons. The number of aromatic nitrogens is 1. The topological polar surface area (TPSA) is 86.8 Å². The van der Waals surface area contributed by atoms with Crippen molar-refractivity contribution in [3.63, 3.8) is 0 Å². The molecule has 0 spiro atoms. The first kappa shape index (κ1) is 17.3. The maximum Gasteiger partial charge on any atom is 0.338 e. The maximum atomic E-state index is 12.1. The zero-order chi connectivity index (χ0) is 19.0.